The number of hydrogen-bond acceptors (Lipinski definition) is 11. The number of aliphatic hydroxyl groups is 1. The Morgan fingerprint density at radius 2 is 2.02 bits per heavy atom. The predicted molar refractivity (Wildman–Crippen MR) is 174 cm³/mol. The lowest BCUT2D eigenvalue weighted by Gasteiger charge is -2.49. The molecule has 49 heavy (non-hydrogen) atoms. The summed E-state index contributed by atoms with van der Waals surface area (Å²) < 4.78 is 30.3. The Hall–Kier alpha value is -4.13. The number of pyridine rings is 1. The number of carbonyl (C=O) groups excluding carboxylic acids is 4. The number of ether oxygens (including phenoxy) is 5. The third kappa shape index (κ3) is 6.37. The molecule has 1 aromatic rings. The van der Waals surface area contributed by atoms with E-state index in [4.69, 9.17) is 23.7 Å². The van der Waals surface area contributed by atoms with Crippen LogP contribution in [0.15, 0.2) is 72.1 Å². The summed E-state index contributed by atoms with van der Waals surface area (Å²) in [4.78, 5) is 56.1. The summed E-state index contributed by atoms with van der Waals surface area (Å²) in [6, 6.07) is 3.48. The smallest absolute Gasteiger partial charge is 0.397 e. The number of carbonyl (C=O) groups is 4. The van der Waals surface area contributed by atoms with Crippen LogP contribution < -0.4 is 5.32 Å². The van der Waals surface area contributed by atoms with Gasteiger partial charge in [-0.3, -0.25) is 9.78 Å². The lowest BCUT2D eigenvalue weighted by molar-refractivity contribution is -0.180. The van der Waals surface area contributed by atoms with E-state index in [2.05, 4.69) is 10.3 Å². The summed E-state index contributed by atoms with van der Waals surface area (Å²) >= 11 is 0. The number of amides is 1. The van der Waals surface area contributed by atoms with Crippen molar-refractivity contribution in [1.82, 2.24) is 10.3 Å². The first-order chi connectivity index (χ1) is 23.5. The van der Waals surface area contributed by atoms with Gasteiger partial charge < -0.3 is 34.1 Å². The molecule has 4 bridgehead atoms. The number of allylic oxidation sites excluding steroid dienone is 3. The van der Waals surface area contributed by atoms with Crippen molar-refractivity contribution < 1.29 is 48.0 Å². The molecular weight excluding hydrogens is 632 g/mol. The van der Waals surface area contributed by atoms with Crippen LogP contribution in [0.5, 0.6) is 0 Å². The number of cyclic esters (lactones) is 1. The second-order valence-corrected chi connectivity index (χ2v) is 13.7. The van der Waals surface area contributed by atoms with Crippen molar-refractivity contribution in [2.45, 2.75) is 89.3 Å². The van der Waals surface area contributed by atoms with Crippen LogP contribution in [0.1, 0.15) is 46.1 Å². The van der Waals surface area contributed by atoms with Crippen molar-refractivity contribution in [1.29, 1.82) is 0 Å². The van der Waals surface area contributed by atoms with Gasteiger partial charge in [-0.1, -0.05) is 56.4 Å². The molecule has 5 aliphatic rings. The van der Waals surface area contributed by atoms with Crippen molar-refractivity contribution in [3.8, 4) is 0 Å². The van der Waals surface area contributed by atoms with E-state index < -0.39 is 83.8 Å². The van der Waals surface area contributed by atoms with Crippen LogP contribution in [0.2, 0.25) is 0 Å². The number of aromatic nitrogens is 1. The first-order valence-electron chi connectivity index (χ1n) is 16.9. The van der Waals surface area contributed by atoms with Gasteiger partial charge in [-0.05, 0) is 43.9 Å². The van der Waals surface area contributed by atoms with Crippen LogP contribution in [0, 0.1) is 29.6 Å². The molecule has 2 aliphatic heterocycles. The number of aliphatic hydroxyl groups excluding tert-OH is 1. The van der Waals surface area contributed by atoms with Gasteiger partial charge in [-0.2, -0.15) is 0 Å². The first kappa shape index (κ1) is 34.7. The van der Waals surface area contributed by atoms with Crippen LogP contribution in [-0.4, -0.2) is 83.2 Å². The second kappa shape index (κ2) is 14.0. The molecule has 1 aromatic heterocycles. The minimum absolute atomic E-state index is 0.0862. The van der Waals surface area contributed by atoms with Gasteiger partial charge in [0.15, 0.2) is 6.10 Å². The van der Waals surface area contributed by atoms with Gasteiger partial charge in [0, 0.05) is 61.2 Å². The maximum absolute atomic E-state index is 13.6. The fraction of sp³-hybridized carbons (Fsp3) is 0.541. The van der Waals surface area contributed by atoms with E-state index in [1.54, 1.807) is 37.5 Å². The third-order valence-electron chi connectivity index (χ3n) is 10.8. The molecule has 12 nitrogen and oxygen atoms in total. The van der Waals surface area contributed by atoms with Crippen molar-refractivity contribution >= 4 is 23.8 Å². The Balaban J connectivity index is 1.27. The van der Waals surface area contributed by atoms with E-state index in [0.717, 1.165) is 5.57 Å². The van der Waals surface area contributed by atoms with E-state index in [1.807, 2.05) is 51.2 Å². The summed E-state index contributed by atoms with van der Waals surface area (Å²) in [5.74, 6) is -5.09. The molecule has 0 radical (unpaired) electrons. The molecule has 0 aromatic carbocycles. The van der Waals surface area contributed by atoms with E-state index >= 15 is 0 Å². The maximum Gasteiger partial charge on any atom is 0.397 e. The van der Waals surface area contributed by atoms with Crippen LogP contribution >= 0.6 is 0 Å². The monoisotopic (exact) mass is 676 g/mol. The molecule has 1 saturated heterocycles. The minimum Gasteiger partial charge on any atom is -0.456 e. The fourth-order valence-corrected chi connectivity index (χ4v) is 8.33. The Morgan fingerprint density at radius 1 is 1.22 bits per heavy atom. The molecule has 6 rings (SSSR count). The molecule has 1 spiro atoms. The van der Waals surface area contributed by atoms with Gasteiger partial charge in [-0.25, -0.2) is 14.4 Å². The highest BCUT2D eigenvalue weighted by molar-refractivity contribution is 6.32. The Labute approximate surface area is 285 Å². The normalized spacial score (nSPS) is 37.9. The summed E-state index contributed by atoms with van der Waals surface area (Å²) in [6.07, 6.45) is 10.1. The van der Waals surface area contributed by atoms with Gasteiger partial charge in [0.25, 0.3) is 0 Å². The quantitative estimate of drug-likeness (QED) is 0.189. The summed E-state index contributed by atoms with van der Waals surface area (Å²) in [7, 11) is 1.42. The fourth-order valence-electron chi connectivity index (χ4n) is 8.33. The van der Waals surface area contributed by atoms with Gasteiger partial charge in [0.05, 0.1) is 6.10 Å². The second-order valence-electron chi connectivity index (χ2n) is 13.7. The van der Waals surface area contributed by atoms with Crippen molar-refractivity contribution in [2.75, 3.05) is 7.11 Å². The van der Waals surface area contributed by atoms with Gasteiger partial charge >= 0.3 is 23.8 Å². The van der Waals surface area contributed by atoms with Crippen LogP contribution in [-0.2, 0) is 49.4 Å². The average molecular weight is 677 g/mol. The average Bonchev–Trinajstić information content (AvgIpc) is 3.70. The molecule has 2 fully saturated rings. The molecular formula is C37H44N2O10. The third-order valence-corrected chi connectivity index (χ3v) is 10.8. The number of nitrogens with zero attached hydrogens (tertiary/aromatic N) is 1. The van der Waals surface area contributed by atoms with Crippen LogP contribution in [0.4, 0.5) is 0 Å². The van der Waals surface area contributed by atoms with E-state index in [9.17, 15) is 24.3 Å². The highest BCUT2D eigenvalue weighted by atomic mass is 16.6. The molecule has 3 aliphatic carbocycles. The summed E-state index contributed by atoms with van der Waals surface area (Å²) in [5.41, 5.74) is 1.01. The molecule has 2 N–H and O–H groups in total. The Bertz CT molecular complexity index is 1590. The van der Waals surface area contributed by atoms with E-state index in [-0.39, 0.29) is 24.8 Å². The number of hydrogen-bond donors (Lipinski definition) is 2. The zero-order valence-corrected chi connectivity index (χ0v) is 28.3. The zero-order valence-electron chi connectivity index (χ0n) is 28.3. The van der Waals surface area contributed by atoms with Crippen molar-refractivity contribution in [3.63, 3.8) is 0 Å². The topological polar surface area (TPSA) is 160 Å². The standard InChI is InChI=1S/C37H44N2O10/c1-19-15-20(2)37-25(12-13-26-28(37)29(40)21(3)31(32(26)49-37)48-34(42)24-10-6-7-11-24)16-27(45-5)35(43)47-30(19)22(4)46-36(44)33(41)39-18-23-9-8-14-38-17-23/h6-10,12-15,17,19,21-22,25-32,40H,11,16,18H2,1-5H3,(H,39,41)/b20-15+/t19-,21-,22-,25-,26?,27+,28?,29?,30+,31-,32-,37+/m1/s1. The number of nitrogens with one attached hydrogen (secondary N) is 1. The largest absolute Gasteiger partial charge is 0.456 e. The maximum atomic E-state index is 13.6. The predicted octanol–water partition coefficient (Wildman–Crippen LogP) is 2.91. The van der Waals surface area contributed by atoms with Crippen LogP contribution in [0.3, 0.4) is 0 Å². The van der Waals surface area contributed by atoms with E-state index in [0.29, 0.717) is 17.6 Å². The summed E-state index contributed by atoms with van der Waals surface area (Å²) in [6.45, 7) is 7.28. The lowest BCUT2D eigenvalue weighted by atomic mass is 9.57. The summed E-state index contributed by atoms with van der Waals surface area (Å²) in [5, 5.41) is 14.4. The molecule has 1 saturated carbocycles. The highest BCUT2D eigenvalue weighted by Crippen LogP contribution is 2.61. The molecule has 12 atom stereocenters. The lowest BCUT2D eigenvalue weighted by Crippen LogP contribution is -2.57. The van der Waals surface area contributed by atoms with Gasteiger partial charge in [0.2, 0.25) is 0 Å². The molecule has 3 heterocycles. The number of methoxy groups -OCH3 is 1. The Kier molecular flexibility index (Phi) is 9.93. The van der Waals surface area contributed by atoms with Crippen LogP contribution in [0.25, 0.3) is 0 Å². The molecule has 1 amide bonds. The van der Waals surface area contributed by atoms with Gasteiger partial charge in [0.1, 0.15) is 30.0 Å². The Morgan fingerprint density at radius 3 is 2.71 bits per heavy atom. The minimum atomic E-state index is -1.12. The zero-order chi connectivity index (χ0) is 35.0. The van der Waals surface area contributed by atoms with Gasteiger partial charge in [-0.15, -0.1) is 0 Å². The molecule has 262 valence electrons. The number of esters is 3. The molecule has 12 heteroatoms. The first-order valence-corrected chi connectivity index (χ1v) is 16.9. The number of rotatable bonds is 7. The van der Waals surface area contributed by atoms with Crippen molar-refractivity contribution in [2.24, 2.45) is 29.6 Å². The van der Waals surface area contributed by atoms with E-state index in [1.165, 1.54) is 7.11 Å². The molecule has 3 unspecified atom stereocenters. The highest BCUT2D eigenvalue weighted by Gasteiger charge is 2.69. The van der Waals surface area contributed by atoms with Crippen molar-refractivity contribution in [3.05, 3.63) is 77.7 Å². The SMILES string of the molecule is CO[C@H]1C[C@H]2C=CC3C4C(O)[C@@H](C)[C@@H](OC(=O)C5=CC=CC5)[C@@H]3O[C@]42/C(C)=C/[C@@H](C)[C@@H]([C@@H](C)OC(=O)C(=O)NCc2cccnc2)OC1=O.